The van der Waals surface area contributed by atoms with Gasteiger partial charge in [-0.05, 0) is 35.9 Å². The second-order valence-corrected chi connectivity index (χ2v) is 5.38. The third-order valence-corrected chi connectivity index (χ3v) is 3.91. The minimum atomic E-state index is -0.953. The highest BCUT2D eigenvalue weighted by Gasteiger charge is 2.36. The Hall–Kier alpha value is -3.33. The molecule has 0 saturated heterocycles. The van der Waals surface area contributed by atoms with E-state index in [9.17, 15) is 14.7 Å². The van der Waals surface area contributed by atoms with Crippen LogP contribution in [0.15, 0.2) is 48.5 Å². The summed E-state index contributed by atoms with van der Waals surface area (Å²) in [7, 11) is 0. The van der Waals surface area contributed by atoms with E-state index in [0.717, 1.165) is 0 Å². The number of anilines is 1. The lowest BCUT2D eigenvalue weighted by atomic mass is 10.0. The van der Waals surface area contributed by atoms with E-state index in [1.165, 1.54) is 4.90 Å². The second kappa shape index (κ2) is 6.42. The molecule has 0 unspecified atom stereocenters. The number of benzene rings is 2. The lowest BCUT2D eigenvalue weighted by molar-refractivity contribution is -0.138. The van der Waals surface area contributed by atoms with Crippen molar-refractivity contribution < 1.29 is 19.4 Å². The van der Waals surface area contributed by atoms with Gasteiger partial charge in [0.15, 0.2) is 6.61 Å². The van der Waals surface area contributed by atoms with Crippen LogP contribution in [0, 0.1) is 11.3 Å². The lowest BCUT2D eigenvalue weighted by Gasteiger charge is -2.17. The SMILES string of the molecule is N#Cc1ccc(OCC(=O)N2C[C@@H](C(=O)O)c3ccccc32)cc1. The van der Waals surface area contributed by atoms with E-state index in [1.807, 2.05) is 6.07 Å². The van der Waals surface area contributed by atoms with Crippen LogP contribution in [0.1, 0.15) is 17.0 Å². The highest BCUT2D eigenvalue weighted by Crippen LogP contribution is 2.36. The summed E-state index contributed by atoms with van der Waals surface area (Å²) < 4.78 is 5.44. The molecule has 1 amide bonds. The molecule has 120 valence electrons. The summed E-state index contributed by atoms with van der Waals surface area (Å²) in [6.07, 6.45) is 0. The molecule has 2 aromatic rings. The summed E-state index contributed by atoms with van der Waals surface area (Å²) in [6.45, 7) is -0.100. The van der Waals surface area contributed by atoms with Gasteiger partial charge in [-0.2, -0.15) is 5.26 Å². The molecule has 2 aromatic carbocycles. The van der Waals surface area contributed by atoms with Gasteiger partial charge in [0.2, 0.25) is 0 Å². The van der Waals surface area contributed by atoms with Gasteiger partial charge in [0.1, 0.15) is 11.7 Å². The first-order chi connectivity index (χ1) is 11.6. The molecule has 0 spiro atoms. The second-order valence-electron chi connectivity index (χ2n) is 5.38. The number of aliphatic carboxylic acids is 1. The molecule has 1 atom stereocenters. The fourth-order valence-electron chi connectivity index (χ4n) is 2.70. The van der Waals surface area contributed by atoms with E-state index in [4.69, 9.17) is 10.00 Å². The summed E-state index contributed by atoms with van der Waals surface area (Å²) in [6, 6.07) is 15.4. The maximum atomic E-state index is 12.4. The third kappa shape index (κ3) is 2.92. The van der Waals surface area contributed by atoms with Crippen molar-refractivity contribution in [1.29, 1.82) is 5.26 Å². The van der Waals surface area contributed by atoms with E-state index < -0.39 is 11.9 Å². The van der Waals surface area contributed by atoms with Crippen molar-refractivity contribution in [2.24, 2.45) is 0 Å². The maximum absolute atomic E-state index is 12.4. The number of carboxylic acid groups (broad SMARTS) is 1. The fraction of sp³-hybridized carbons (Fsp3) is 0.167. The molecule has 0 saturated carbocycles. The van der Waals surface area contributed by atoms with E-state index >= 15 is 0 Å². The predicted octanol–water partition coefficient (Wildman–Crippen LogP) is 2.15. The molecule has 1 heterocycles. The number of hydrogen-bond donors (Lipinski definition) is 1. The quantitative estimate of drug-likeness (QED) is 0.931. The van der Waals surface area contributed by atoms with Crippen LogP contribution in [0.25, 0.3) is 0 Å². The monoisotopic (exact) mass is 322 g/mol. The van der Waals surface area contributed by atoms with Crippen LogP contribution < -0.4 is 9.64 Å². The van der Waals surface area contributed by atoms with Crippen LogP contribution in [0.3, 0.4) is 0 Å². The summed E-state index contributed by atoms with van der Waals surface area (Å²) in [5, 5.41) is 18.1. The number of ether oxygens (including phenoxy) is 1. The minimum Gasteiger partial charge on any atom is -0.484 e. The average Bonchev–Trinajstić information content (AvgIpc) is 3.00. The molecule has 1 aliphatic heterocycles. The Labute approximate surface area is 138 Å². The van der Waals surface area contributed by atoms with E-state index in [0.29, 0.717) is 22.6 Å². The number of amides is 1. The summed E-state index contributed by atoms with van der Waals surface area (Å²) in [4.78, 5) is 25.2. The molecule has 0 fully saturated rings. The van der Waals surface area contributed by atoms with Crippen LogP contribution >= 0.6 is 0 Å². The standard InChI is InChI=1S/C18H14N2O4/c19-9-12-5-7-13(8-6-12)24-11-17(21)20-10-15(18(22)23)14-3-1-2-4-16(14)20/h1-8,15H,10-11H2,(H,22,23)/t15-/m1/s1. The molecule has 24 heavy (non-hydrogen) atoms. The first kappa shape index (κ1) is 15.6. The van der Waals surface area contributed by atoms with Gasteiger partial charge in [-0.25, -0.2) is 0 Å². The smallest absolute Gasteiger partial charge is 0.312 e. The molecule has 1 N–H and O–H groups in total. The van der Waals surface area contributed by atoms with Crippen LogP contribution in [0.4, 0.5) is 5.69 Å². The number of rotatable bonds is 4. The van der Waals surface area contributed by atoms with Crippen molar-refractivity contribution in [2.45, 2.75) is 5.92 Å². The van der Waals surface area contributed by atoms with Gasteiger partial charge in [-0.15, -0.1) is 0 Å². The van der Waals surface area contributed by atoms with Crippen LogP contribution in [-0.4, -0.2) is 30.1 Å². The zero-order valence-electron chi connectivity index (χ0n) is 12.7. The van der Waals surface area contributed by atoms with Crippen LogP contribution in [0.2, 0.25) is 0 Å². The van der Waals surface area contributed by atoms with Crippen molar-refractivity contribution in [3.63, 3.8) is 0 Å². The Morgan fingerprint density at radius 2 is 1.92 bits per heavy atom. The average molecular weight is 322 g/mol. The van der Waals surface area contributed by atoms with Gasteiger partial charge in [0, 0.05) is 12.2 Å². The molecule has 3 rings (SSSR count). The van der Waals surface area contributed by atoms with Gasteiger partial charge < -0.3 is 14.7 Å². The summed E-state index contributed by atoms with van der Waals surface area (Å²) in [5.74, 6) is -1.51. The highest BCUT2D eigenvalue weighted by molar-refractivity contribution is 5.99. The largest absolute Gasteiger partial charge is 0.484 e. The summed E-state index contributed by atoms with van der Waals surface area (Å²) >= 11 is 0. The van der Waals surface area contributed by atoms with Gasteiger partial charge >= 0.3 is 5.97 Å². The van der Waals surface area contributed by atoms with Gasteiger partial charge in [-0.1, -0.05) is 18.2 Å². The van der Waals surface area contributed by atoms with E-state index in [-0.39, 0.29) is 19.1 Å². The predicted molar refractivity (Wildman–Crippen MR) is 85.8 cm³/mol. The molecule has 0 bridgehead atoms. The first-order valence-corrected chi connectivity index (χ1v) is 7.35. The Balaban J connectivity index is 1.71. The molecular weight excluding hydrogens is 308 g/mol. The van der Waals surface area contributed by atoms with E-state index in [2.05, 4.69) is 0 Å². The number of hydrogen-bond acceptors (Lipinski definition) is 4. The molecule has 0 aliphatic carbocycles. The number of nitrogens with zero attached hydrogens (tertiary/aromatic N) is 2. The van der Waals surface area contributed by atoms with Crippen molar-refractivity contribution in [2.75, 3.05) is 18.1 Å². The third-order valence-electron chi connectivity index (χ3n) is 3.91. The summed E-state index contributed by atoms with van der Waals surface area (Å²) in [5.41, 5.74) is 1.75. The first-order valence-electron chi connectivity index (χ1n) is 7.35. The Morgan fingerprint density at radius 1 is 1.21 bits per heavy atom. The molecule has 0 aromatic heterocycles. The zero-order chi connectivity index (χ0) is 17.1. The molecule has 6 heteroatoms. The minimum absolute atomic E-state index is 0.101. The Bertz CT molecular complexity index is 824. The zero-order valence-corrected chi connectivity index (χ0v) is 12.7. The van der Waals surface area contributed by atoms with Crippen molar-refractivity contribution in [3.05, 3.63) is 59.7 Å². The molecule has 0 radical (unpaired) electrons. The fourth-order valence-corrected chi connectivity index (χ4v) is 2.70. The van der Waals surface area contributed by atoms with Crippen LogP contribution in [-0.2, 0) is 9.59 Å². The lowest BCUT2D eigenvalue weighted by Crippen LogP contribution is -2.35. The molecule has 6 nitrogen and oxygen atoms in total. The number of para-hydroxylation sites is 1. The van der Waals surface area contributed by atoms with E-state index in [1.54, 1.807) is 48.5 Å². The highest BCUT2D eigenvalue weighted by atomic mass is 16.5. The van der Waals surface area contributed by atoms with Gasteiger partial charge in [-0.3, -0.25) is 9.59 Å². The molecule has 1 aliphatic rings. The van der Waals surface area contributed by atoms with Crippen molar-refractivity contribution in [1.82, 2.24) is 0 Å². The van der Waals surface area contributed by atoms with Crippen molar-refractivity contribution >= 4 is 17.6 Å². The Kier molecular flexibility index (Phi) is 4.17. The number of nitriles is 1. The number of carbonyl (C=O) groups is 2. The number of carbonyl (C=O) groups excluding carboxylic acids is 1. The maximum Gasteiger partial charge on any atom is 0.312 e. The number of carboxylic acids is 1. The van der Waals surface area contributed by atoms with Gasteiger partial charge in [0.25, 0.3) is 5.91 Å². The van der Waals surface area contributed by atoms with Crippen LogP contribution in [0.5, 0.6) is 5.75 Å². The van der Waals surface area contributed by atoms with Crippen molar-refractivity contribution in [3.8, 4) is 11.8 Å². The number of fused-ring (bicyclic) bond motifs is 1. The normalized spacial score (nSPS) is 15.5. The Morgan fingerprint density at radius 3 is 2.58 bits per heavy atom. The topological polar surface area (TPSA) is 90.6 Å². The molecular formula is C18H14N2O4. The van der Waals surface area contributed by atoms with Gasteiger partial charge in [0.05, 0.1) is 11.6 Å².